The molecule has 5 heteroatoms. The summed E-state index contributed by atoms with van der Waals surface area (Å²) in [4.78, 5) is 0. The number of nitriles is 1. The van der Waals surface area contributed by atoms with Crippen molar-refractivity contribution in [3.8, 4) is 6.07 Å². The Balaban J connectivity index is 3.20. The zero-order chi connectivity index (χ0) is 7.33. The average Bonchev–Trinajstić information content (AvgIpc) is 1.63. The lowest BCUT2D eigenvalue weighted by Gasteiger charge is -2.16. The van der Waals surface area contributed by atoms with Crippen molar-refractivity contribution in [3.63, 3.8) is 0 Å². The van der Waals surface area contributed by atoms with E-state index in [1.54, 1.807) is 0 Å². The standard InChI is InChI=1S/C4H4F3N2/c5-4(6,7)3-9-2-1-8/h2-3H2/q-1. The first-order chi connectivity index (χ1) is 4.06. The van der Waals surface area contributed by atoms with Crippen LogP contribution in [0.4, 0.5) is 13.2 Å². The fourth-order valence-electron chi connectivity index (χ4n) is 0.233. The molecular weight excluding hydrogens is 133 g/mol. The van der Waals surface area contributed by atoms with Crippen LogP contribution in [0, 0.1) is 11.3 Å². The molecule has 0 aliphatic heterocycles. The van der Waals surface area contributed by atoms with Crippen molar-refractivity contribution in [3.05, 3.63) is 5.32 Å². The molecule has 0 aliphatic carbocycles. The largest absolute Gasteiger partial charge is 0.643 e. The van der Waals surface area contributed by atoms with Gasteiger partial charge < -0.3 is 5.32 Å². The van der Waals surface area contributed by atoms with Crippen molar-refractivity contribution in [1.29, 1.82) is 5.26 Å². The molecule has 0 amide bonds. The molecule has 0 saturated carbocycles. The van der Waals surface area contributed by atoms with Crippen molar-refractivity contribution in [1.82, 2.24) is 0 Å². The minimum atomic E-state index is -4.27. The summed E-state index contributed by atoms with van der Waals surface area (Å²) in [6.07, 6.45) is -4.27. The van der Waals surface area contributed by atoms with Crippen LogP contribution in [0.15, 0.2) is 0 Å². The van der Waals surface area contributed by atoms with Gasteiger partial charge in [-0.2, -0.15) is 13.2 Å². The minimum Gasteiger partial charge on any atom is -0.643 e. The van der Waals surface area contributed by atoms with Crippen molar-refractivity contribution in [2.75, 3.05) is 13.1 Å². The highest BCUT2D eigenvalue weighted by Crippen LogP contribution is 2.16. The minimum absolute atomic E-state index is 0.389. The molecule has 0 radical (unpaired) electrons. The highest BCUT2D eigenvalue weighted by molar-refractivity contribution is 4.94. The van der Waals surface area contributed by atoms with Gasteiger partial charge in [0.2, 0.25) is 0 Å². The molecule has 0 spiro atoms. The number of nitrogens with zero attached hydrogens (tertiary/aromatic N) is 2. The lowest BCUT2D eigenvalue weighted by molar-refractivity contribution is -0.113. The highest BCUT2D eigenvalue weighted by atomic mass is 19.4. The van der Waals surface area contributed by atoms with Gasteiger partial charge in [0.1, 0.15) is 0 Å². The molecule has 0 fully saturated rings. The van der Waals surface area contributed by atoms with E-state index in [-0.39, 0.29) is 6.54 Å². The number of alkyl halides is 3. The van der Waals surface area contributed by atoms with Gasteiger partial charge in [0.15, 0.2) is 0 Å². The summed E-state index contributed by atoms with van der Waals surface area (Å²) < 4.78 is 33.5. The topological polar surface area (TPSA) is 37.9 Å². The van der Waals surface area contributed by atoms with Crippen molar-refractivity contribution in [2.24, 2.45) is 0 Å². The Morgan fingerprint density at radius 2 is 2.00 bits per heavy atom. The summed E-state index contributed by atoms with van der Waals surface area (Å²) in [6, 6.07) is 1.47. The molecule has 0 heterocycles. The van der Waals surface area contributed by atoms with Crippen LogP contribution in [0.3, 0.4) is 0 Å². The summed E-state index contributed by atoms with van der Waals surface area (Å²) >= 11 is 0. The number of hydrogen-bond acceptors (Lipinski definition) is 1. The summed E-state index contributed by atoms with van der Waals surface area (Å²) in [5.41, 5.74) is 0. The Morgan fingerprint density at radius 3 is 2.33 bits per heavy atom. The van der Waals surface area contributed by atoms with Gasteiger partial charge in [-0.3, -0.25) is 0 Å². The molecular formula is C4H4F3N2-. The molecule has 0 aromatic heterocycles. The maximum atomic E-state index is 11.2. The van der Waals surface area contributed by atoms with Gasteiger partial charge in [-0.15, -0.1) is 0 Å². The van der Waals surface area contributed by atoms with Gasteiger partial charge in [0, 0.05) is 6.07 Å². The van der Waals surface area contributed by atoms with E-state index in [1.807, 2.05) is 0 Å². The van der Waals surface area contributed by atoms with Crippen molar-refractivity contribution >= 4 is 0 Å². The Kier molecular flexibility index (Phi) is 3.02. The summed E-state index contributed by atoms with van der Waals surface area (Å²) in [7, 11) is 0. The Labute approximate surface area is 50.3 Å². The van der Waals surface area contributed by atoms with Gasteiger partial charge in [0.25, 0.3) is 0 Å². The van der Waals surface area contributed by atoms with Crippen molar-refractivity contribution in [2.45, 2.75) is 6.18 Å². The Bertz CT molecular complexity index is 112. The van der Waals surface area contributed by atoms with Crippen LogP contribution in [0.2, 0.25) is 0 Å². The van der Waals surface area contributed by atoms with Crippen LogP contribution < -0.4 is 0 Å². The van der Waals surface area contributed by atoms with E-state index in [2.05, 4.69) is 5.32 Å². The van der Waals surface area contributed by atoms with Crippen LogP contribution in [0.25, 0.3) is 5.32 Å². The lowest BCUT2D eigenvalue weighted by Crippen LogP contribution is -2.13. The Morgan fingerprint density at radius 1 is 1.44 bits per heavy atom. The van der Waals surface area contributed by atoms with Gasteiger partial charge in [-0.1, -0.05) is 6.54 Å². The predicted octanol–water partition coefficient (Wildman–Crippen LogP) is 1.45. The first kappa shape index (κ1) is 8.24. The monoisotopic (exact) mass is 137 g/mol. The van der Waals surface area contributed by atoms with Crippen LogP contribution in [0.1, 0.15) is 0 Å². The second-order valence-electron chi connectivity index (χ2n) is 1.31. The maximum Gasteiger partial charge on any atom is 0.371 e. The molecule has 0 rings (SSSR count). The average molecular weight is 137 g/mol. The van der Waals surface area contributed by atoms with E-state index in [1.165, 1.54) is 6.07 Å². The van der Waals surface area contributed by atoms with Gasteiger partial charge >= 0.3 is 6.18 Å². The van der Waals surface area contributed by atoms with E-state index >= 15 is 0 Å². The van der Waals surface area contributed by atoms with Crippen LogP contribution in [-0.2, 0) is 0 Å². The van der Waals surface area contributed by atoms with Gasteiger partial charge in [-0.25, -0.2) is 5.26 Å². The van der Waals surface area contributed by atoms with Crippen LogP contribution in [-0.4, -0.2) is 19.3 Å². The first-order valence-electron chi connectivity index (χ1n) is 2.13. The molecule has 0 aliphatic rings. The Hall–Kier alpha value is -0.760. The zero-order valence-corrected chi connectivity index (χ0v) is 4.44. The second-order valence-corrected chi connectivity index (χ2v) is 1.31. The molecule has 0 aromatic rings. The fourth-order valence-corrected chi connectivity index (χ4v) is 0.233. The molecule has 0 saturated heterocycles. The number of rotatable bonds is 2. The lowest BCUT2D eigenvalue weighted by atomic mass is 10.6. The van der Waals surface area contributed by atoms with Crippen LogP contribution >= 0.6 is 0 Å². The molecule has 9 heavy (non-hydrogen) atoms. The molecule has 0 aromatic carbocycles. The maximum absolute atomic E-state index is 11.2. The van der Waals surface area contributed by atoms with E-state index in [4.69, 9.17) is 5.26 Å². The summed E-state index contributed by atoms with van der Waals surface area (Å²) in [5, 5.41) is 10.6. The quantitative estimate of drug-likeness (QED) is 0.419. The fraction of sp³-hybridized carbons (Fsp3) is 0.750. The third-order valence-electron chi connectivity index (χ3n) is 0.474. The SMILES string of the molecule is N#CC[N-]CC(F)(F)F. The smallest absolute Gasteiger partial charge is 0.371 e. The zero-order valence-electron chi connectivity index (χ0n) is 4.44. The summed E-state index contributed by atoms with van der Waals surface area (Å²) in [5.74, 6) is 0. The predicted molar refractivity (Wildman–Crippen MR) is 24.8 cm³/mol. The van der Waals surface area contributed by atoms with Crippen LogP contribution in [0.5, 0.6) is 0 Å². The van der Waals surface area contributed by atoms with E-state index in [0.717, 1.165) is 0 Å². The molecule has 0 bridgehead atoms. The third kappa shape index (κ3) is 7.24. The second kappa shape index (κ2) is 3.30. The molecule has 0 atom stereocenters. The molecule has 0 N–H and O–H groups in total. The first-order valence-corrected chi connectivity index (χ1v) is 2.13. The highest BCUT2D eigenvalue weighted by Gasteiger charge is 2.20. The van der Waals surface area contributed by atoms with Gasteiger partial charge in [-0.05, 0) is 6.54 Å². The van der Waals surface area contributed by atoms with E-state index < -0.39 is 12.7 Å². The molecule has 2 nitrogen and oxygen atoms in total. The van der Waals surface area contributed by atoms with Gasteiger partial charge in [0.05, 0.1) is 0 Å². The molecule has 52 valence electrons. The normalized spacial score (nSPS) is 10.9. The van der Waals surface area contributed by atoms with E-state index in [9.17, 15) is 13.2 Å². The van der Waals surface area contributed by atoms with E-state index in [0.29, 0.717) is 0 Å². The third-order valence-corrected chi connectivity index (χ3v) is 0.474. The molecule has 0 unspecified atom stereocenters. The summed E-state index contributed by atoms with van der Waals surface area (Å²) in [6.45, 7) is -1.61. The number of halogens is 3. The van der Waals surface area contributed by atoms with Crippen molar-refractivity contribution < 1.29 is 13.2 Å². The number of hydrogen-bond donors (Lipinski definition) is 0.